The van der Waals surface area contributed by atoms with Gasteiger partial charge in [-0.25, -0.2) is 8.42 Å². The van der Waals surface area contributed by atoms with Gasteiger partial charge in [0.1, 0.15) is 0 Å². The molecule has 2 aromatic carbocycles. The van der Waals surface area contributed by atoms with Gasteiger partial charge in [-0.3, -0.25) is 9.10 Å². The van der Waals surface area contributed by atoms with Gasteiger partial charge in [-0.05, 0) is 31.2 Å². The van der Waals surface area contributed by atoms with Crippen LogP contribution in [-0.2, 0) is 28.4 Å². The first-order valence-electron chi connectivity index (χ1n) is 9.14. The second-order valence-corrected chi connectivity index (χ2v) is 9.62. The van der Waals surface area contributed by atoms with Crippen LogP contribution < -0.4 is 9.62 Å². The van der Waals surface area contributed by atoms with E-state index in [2.05, 4.69) is 15.5 Å². The van der Waals surface area contributed by atoms with Crippen molar-refractivity contribution < 1.29 is 13.2 Å². The van der Waals surface area contributed by atoms with Gasteiger partial charge in [0.05, 0.1) is 24.2 Å². The number of hydrogen-bond donors (Lipinski definition) is 1. The quantitative estimate of drug-likeness (QED) is 0.536. The molecule has 0 radical (unpaired) electrons. The molecule has 1 aromatic heterocycles. The van der Waals surface area contributed by atoms with Crippen LogP contribution in [0.2, 0.25) is 0 Å². The molecule has 3 rings (SSSR count). The Balaban J connectivity index is 1.69. The van der Waals surface area contributed by atoms with E-state index in [-0.39, 0.29) is 18.2 Å². The Bertz CT molecular complexity index is 1110. The highest BCUT2D eigenvalue weighted by Gasteiger charge is 2.21. The van der Waals surface area contributed by atoms with E-state index in [1.54, 1.807) is 23.7 Å². The molecule has 0 fully saturated rings. The number of sulfonamides is 1. The second kappa shape index (κ2) is 9.31. The summed E-state index contributed by atoms with van der Waals surface area (Å²) in [7, 11) is -1.76. The van der Waals surface area contributed by atoms with Crippen molar-refractivity contribution in [2.45, 2.75) is 18.6 Å². The third-order valence-electron chi connectivity index (χ3n) is 4.32. The van der Waals surface area contributed by atoms with Gasteiger partial charge in [0.15, 0.2) is 11.0 Å². The second-order valence-electron chi connectivity index (χ2n) is 6.77. The van der Waals surface area contributed by atoms with Gasteiger partial charge in [-0.2, -0.15) is 0 Å². The molecule has 30 heavy (non-hydrogen) atoms. The maximum absolute atomic E-state index is 12.3. The average molecular weight is 446 g/mol. The van der Waals surface area contributed by atoms with Crippen molar-refractivity contribution in [2.24, 2.45) is 7.05 Å². The van der Waals surface area contributed by atoms with Crippen molar-refractivity contribution in [3.05, 3.63) is 66.0 Å². The van der Waals surface area contributed by atoms with Gasteiger partial charge in [-0.1, -0.05) is 47.7 Å². The highest BCUT2D eigenvalue weighted by molar-refractivity contribution is 7.99. The van der Waals surface area contributed by atoms with E-state index in [0.717, 1.165) is 17.5 Å². The maximum atomic E-state index is 12.3. The van der Waals surface area contributed by atoms with Gasteiger partial charge in [0.2, 0.25) is 15.9 Å². The topological polar surface area (TPSA) is 97.2 Å². The largest absolute Gasteiger partial charge is 0.325 e. The number of aromatic nitrogens is 3. The number of thioether (sulfide) groups is 1. The van der Waals surface area contributed by atoms with E-state index >= 15 is 0 Å². The summed E-state index contributed by atoms with van der Waals surface area (Å²) in [5, 5.41) is 11.6. The lowest BCUT2D eigenvalue weighted by Crippen LogP contribution is -2.30. The van der Waals surface area contributed by atoms with E-state index in [1.165, 1.54) is 16.1 Å². The smallest absolute Gasteiger partial charge is 0.234 e. The first-order chi connectivity index (χ1) is 14.2. The zero-order chi connectivity index (χ0) is 21.7. The Kier molecular flexibility index (Phi) is 6.78. The number of nitrogens with zero attached hydrogens (tertiary/aromatic N) is 4. The molecule has 3 aromatic rings. The molecule has 1 N–H and O–H groups in total. The Morgan fingerprint density at radius 3 is 2.40 bits per heavy atom. The van der Waals surface area contributed by atoms with Crippen LogP contribution in [0, 0.1) is 6.92 Å². The highest BCUT2D eigenvalue weighted by atomic mass is 32.2. The summed E-state index contributed by atoms with van der Waals surface area (Å²) in [6.07, 6.45) is 1.16. The van der Waals surface area contributed by atoms with Gasteiger partial charge < -0.3 is 9.88 Å². The molecule has 0 spiro atoms. The van der Waals surface area contributed by atoms with E-state index < -0.39 is 10.0 Å². The summed E-state index contributed by atoms with van der Waals surface area (Å²) in [4.78, 5) is 12.1. The van der Waals surface area contributed by atoms with Crippen molar-refractivity contribution in [2.75, 3.05) is 21.6 Å². The lowest BCUT2D eigenvalue weighted by atomic mass is 10.2. The van der Waals surface area contributed by atoms with Crippen LogP contribution in [-0.4, -0.2) is 41.1 Å². The van der Waals surface area contributed by atoms with E-state index in [9.17, 15) is 13.2 Å². The third kappa shape index (κ3) is 5.61. The molecule has 0 saturated carbocycles. The minimum absolute atomic E-state index is 0.0438. The zero-order valence-electron chi connectivity index (χ0n) is 16.9. The Morgan fingerprint density at radius 1 is 1.10 bits per heavy atom. The third-order valence-corrected chi connectivity index (χ3v) is 6.48. The molecular formula is C20H23N5O3S2. The number of benzene rings is 2. The predicted octanol–water partition coefficient (Wildman–Crippen LogP) is 2.82. The molecule has 158 valence electrons. The number of carbonyl (C=O) groups is 1. The van der Waals surface area contributed by atoms with Crippen LogP contribution in [0.15, 0.2) is 59.8 Å². The van der Waals surface area contributed by atoms with E-state index in [1.807, 2.05) is 49.4 Å². The van der Waals surface area contributed by atoms with Crippen molar-refractivity contribution in [3.8, 4) is 0 Å². The Labute approximate surface area is 180 Å². The monoisotopic (exact) mass is 445 g/mol. The fraction of sp³-hybridized carbons (Fsp3) is 0.250. The normalized spacial score (nSPS) is 11.3. The number of rotatable bonds is 8. The first kappa shape index (κ1) is 21.8. The van der Waals surface area contributed by atoms with Crippen LogP contribution in [0.1, 0.15) is 11.4 Å². The SMILES string of the molecule is Cc1ccc(N(Cc2nnc(SCC(=O)Nc3ccccc3)n2C)S(C)(=O)=O)cc1. The number of amides is 1. The van der Waals surface area contributed by atoms with Gasteiger partial charge >= 0.3 is 0 Å². The maximum Gasteiger partial charge on any atom is 0.234 e. The standard InChI is InChI=1S/C20H23N5O3S2/c1-15-9-11-17(12-10-15)25(30(3,27)28)13-18-22-23-20(24(18)2)29-14-19(26)21-16-7-5-4-6-8-16/h4-12H,13-14H2,1-3H3,(H,21,26). The summed E-state index contributed by atoms with van der Waals surface area (Å²) >= 11 is 1.24. The molecule has 10 heteroatoms. The molecule has 0 saturated heterocycles. The van der Waals surface area contributed by atoms with Crippen LogP contribution in [0.4, 0.5) is 11.4 Å². The molecular weight excluding hydrogens is 422 g/mol. The van der Waals surface area contributed by atoms with Gasteiger partial charge in [0, 0.05) is 12.7 Å². The fourth-order valence-corrected chi connectivity index (χ4v) is 4.28. The van der Waals surface area contributed by atoms with Gasteiger partial charge in [-0.15, -0.1) is 10.2 Å². The number of carbonyl (C=O) groups excluding carboxylic acids is 1. The Hall–Kier alpha value is -2.85. The van der Waals surface area contributed by atoms with Crippen molar-refractivity contribution >= 4 is 39.1 Å². The molecule has 1 heterocycles. The summed E-state index contributed by atoms with van der Waals surface area (Å²) in [5.74, 6) is 0.481. The van der Waals surface area contributed by atoms with Gasteiger partial charge in [0.25, 0.3) is 0 Å². The van der Waals surface area contributed by atoms with E-state index in [4.69, 9.17) is 0 Å². The number of hydrogen-bond acceptors (Lipinski definition) is 6. The molecule has 0 aliphatic rings. The lowest BCUT2D eigenvalue weighted by Gasteiger charge is -2.22. The number of anilines is 2. The lowest BCUT2D eigenvalue weighted by molar-refractivity contribution is -0.113. The number of aryl methyl sites for hydroxylation is 1. The van der Waals surface area contributed by atoms with Crippen LogP contribution in [0.5, 0.6) is 0 Å². The predicted molar refractivity (Wildman–Crippen MR) is 119 cm³/mol. The number of para-hydroxylation sites is 1. The van der Waals surface area contributed by atoms with Crippen molar-refractivity contribution in [1.82, 2.24) is 14.8 Å². The minimum atomic E-state index is -3.52. The fourth-order valence-electron chi connectivity index (χ4n) is 2.70. The molecule has 0 aliphatic carbocycles. The molecule has 0 unspecified atom stereocenters. The summed E-state index contributed by atoms with van der Waals surface area (Å²) in [6.45, 7) is 1.98. The number of nitrogens with one attached hydrogen (secondary N) is 1. The molecule has 0 bridgehead atoms. The van der Waals surface area contributed by atoms with Crippen molar-refractivity contribution in [3.63, 3.8) is 0 Å². The zero-order valence-corrected chi connectivity index (χ0v) is 18.6. The summed E-state index contributed by atoms with van der Waals surface area (Å²) in [5.41, 5.74) is 2.32. The van der Waals surface area contributed by atoms with E-state index in [0.29, 0.717) is 16.7 Å². The van der Waals surface area contributed by atoms with Crippen LogP contribution in [0.3, 0.4) is 0 Å². The minimum Gasteiger partial charge on any atom is -0.325 e. The average Bonchev–Trinajstić information content (AvgIpc) is 3.05. The molecule has 8 nitrogen and oxygen atoms in total. The highest BCUT2D eigenvalue weighted by Crippen LogP contribution is 2.22. The summed E-state index contributed by atoms with van der Waals surface area (Å²) in [6, 6.07) is 16.4. The van der Waals surface area contributed by atoms with Crippen LogP contribution >= 0.6 is 11.8 Å². The molecule has 0 atom stereocenters. The first-order valence-corrected chi connectivity index (χ1v) is 12.0. The van der Waals surface area contributed by atoms with Crippen LogP contribution in [0.25, 0.3) is 0 Å². The summed E-state index contributed by atoms with van der Waals surface area (Å²) < 4.78 is 27.7. The Morgan fingerprint density at radius 2 is 1.77 bits per heavy atom. The molecule has 0 aliphatic heterocycles. The molecule has 1 amide bonds. The van der Waals surface area contributed by atoms with Crippen molar-refractivity contribution in [1.29, 1.82) is 0 Å².